The number of aromatic nitrogens is 1. The molecule has 4 fully saturated rings. The molecule has 7 rings (SSSR count). The van der Waals surface area contributed by atoms with Gasteiger partial charge in [-0.3, -0.25) is 19.1 Å². The van der Waals surface area contributed by atoms with Gasteiger partial charge in [0.1, 0.15) is 23.4 Å². The molecule has 2 saturated carbocycles. The molecule has 3 aromatic rings. The average molecular weight is 738 g/mol. The maximum absolute atomic E-state index is 14.5. The molecule has 51 heavy (non-hydrogen) atoms. The van der Waals surface area contributed by atoms with Gasteiger partial charge in [-0.1, -0.05) is 73.8 Å². The Morgan fingerprint density at radius 3 is 2.55 bits per heavy atom. The summed E-state index contributed by atoms with van der Waals surface area (Å²) in [6, 6.07) is 14.0. The van der Waals surface area contributed by atoms with Crippen LogP contribution in [0.4, 0.5) is 0 Å². The number of rotatable bonds is 9. The number of fused-ring (bicyclic) bond motifs is 3. The summed E-state index contributed by atoms with van der Waals surface area (Å²) in [5.74, 6) is -0.846. The highest BCUT2D eigenvalue weighted by atomic mass is 32.2. The Bertz CT molecular complexity index is 1880. The first kappa shape index (κ1) is 35.6. The fourth-order valence-electron chi connectivity index (χ4n) is 7.45. The van der Waals surface area contributed by atoms with Crippen LogP contribution in [0.25, 0.3) is 10.2 Å². The minimum atomic E-state index is -3.91. The molecule has 274 valence electrons. The Hall–Kier alpha value is -3.75. The highest BCUT2D eigenvalue weighted by molar-refractivity contribution is 7.91. The Balaban J connectivity index is 1.16. The number of benzene rings is 2. The lowest BCUT2D eigenvalue weighted by Gasteiger charge is -2.30. The fraction of sp³-hybridized carbons (Fsp3) is 0.568. The molecule has 4 aliphatic rings. The Morgan fingerprint density at radius 2 is 1.80 bits per heavy atom. The van der Waals surface area contributed by atoms with Crippen LogP contribution in [0.1, 0.15) is 83.1 Å². The van der Waals surface area contributed by atoms with Gasteiger partial charge in [0.2, 0.25) is 21.8 Å². The maximum atomic E-state index is 14.5. The molecule has 14 heteroatoms. The molecule has 0 radical (unpaired) electrons. The number of nitrogens with zero attached hydrogens (tertiary/aromatic N) is 2. The number of hydrogen-bond donors (Lipinski definition) is 3. The van der Waals surface area contributed by atoms with Crippen molar-refractivity contribution in [3.05, 3.63) is 54.1 Å². The molecular weight excluding hydrogens is 691 g/mol. The molecule has 2 aliphatic carbocycles. The molecule has 5 atom stereocenters. The van der Waals surface area contributed by atoms with E-state index in [0.29, 0.717) is 49.6 Å². The third kappa shape index (κ3) is 7.59. The summed E-state index contributed by atoms with van der Waals surface area (Å²) in [6.07, 6.45) is 6.94. The third-order valence-corrected chi connectivity index (χ3v) is 14.2. The minimum absolute atomic E-state index is 0.162. The van der Waals surface area contributed by atoms with Crippen LogP contribution in [0, 0.1) is 5.92 Å². The average Bonchev–Trinajstić information content (AvgIpc) is 3.93. The van der Waals surface area contributed by atoms with E-state index in [9.17, 15) is 22.8 Å². The van der Waals surface area contributed by atoms with Crippen molar-refractivity contribution in [2.75, 3.05) is 13.7 Å². The SMILES string of the molecule is COc1ccc2nc(O[C@@H]3C[C@H]4C(=O)N[C@]5(C(=O)NS(=O)(=O)C6(C)CC6)C[C@H]5CCCCCCC[C@H](NCc5ccccc5)C(=O)N4C3)sc2c1. The molecule has 12 nitrogen and oxygen atoms in total. The number of sulfonamides is 1. The summed E-state index contributed by atoms with van der Waals surface area (Å²) < 4.78 is 40.2. The number of ether oxygens (including phenoxy) is 2. The van der Waals surface area contributed by atoms with Gasteiger partial charge >= 0.3 is 0 Å². The normalized spacial score (nSPS) is 28.1. The van der Waals surface area contributed by atoms with Crippen LogP contribution in [0.15, 0.2) is 48.5 Å². The van der Waals surface area contributed by atoms with Gasteiger partial charge in [-0.2, -0.15) is 0 Å². The highest BCUT2D eigenvalue weighted by Crippen LogP contribution is 2.49. The first-order valence-electron chi connectivity index (χ1n) is 18.1. The van der Waals surface area contributed by atoms with Crippen LogP contribution in [0.3, 0.4) is 0 Å². The van der Waals surface area contributed by atoms with Crippen LogP contribution in [0.5, 0.6) is 10.9 Å². The number of thiazole rings is 1. The van der Waals surface area contributed by atoms with E-state index >= 15 is 0 Å². The van der Waals surface area contributed by atoms with Crippen molar-refractivity contribution in [2.45, 2.75) is 113 Å². The quantitative estimate of drug-likeness (QED) is 0.289. The number of amides is 3. The van der Waals surface area contributed by atoms with Crippen molar-refractivity contribution in [3.8, 4) is 10.9 Å². The summed E-state index contributed by atoms with van der Waals surface area (Å²) in [4.78, 5) is 48.9. The zero-order valence-electron chi connectivity index (χ0n) is 29.2. The zero-order valence-corrected chi connectivity index (χ0v) is 30.8. The van der Waals surface area contributed by atoms with Crippen molar-refractivity contribution in [2.24, 2.45) is 5.92 Å². The van der Waals surface area contributed by atoms with Crippen molar-refractivity contribution < 1.29 is 32.3 Å². The second-order valence-corrected chi connectivity index (χ2v) is 18.0. The van der Waals surface area contributed by atoms with Gasteiger partial charge in [0.25, 0.3) is 11.1 Å². The van der Waals surface area contributed by atoms with E-state index in [1.165, 1.54) is 11.3 Å². The van der Waals surface area contributed by atoms with Gasteiger partial charge in [0, 0.05) is 13.0 Å². The highest BCUT2D eigenvalue weighted by Gasteiger charge is 2.63. The lowest BCUT2D eigenvalue weighted by atomic mass is 10.0. The van der Waals surface area contributed by atoms with Crippen molar-refractivity contribution in [1.82, 2.24) is 25.2 Å². The molecule has 2 aliphatic heterocycles. The smallest absolute Gasteiger partial charge is 0.274 e. The summed E-state index contributed by atoms with van der Waals surface area (Å²) >= 11 is 1.36. The second-order valence-electron chi connectivity index (χ2n) is 14.8. The standard InChI is InChI=1S/C37H47N5O7S2/c1-36(17-18-36)51(46,47)41-34(45)37-21-25(37)13-9-4-3-5-10-14-29(38-22-24-11-7-6-8-12-24)33(44)42-23-27(19-30(42)32(43)40-37)49-35-39-28-16-15-26(48-2)20-31(28)50-35/h6-8,11-12,15-16,20,25,27,29-30,38H,3-5,9-10,13-14,17-19,21-23H2,1-2H3,(H,40,43)(H,41,45)/t25-,27-,29+,30+,37-/m1/s1. The van der Waals surface area contributed by atoms with Crippen LogP contribution < -0.4 is 24.8 Å². The van der Waals surface area contributed by atoms with Crippen molar-refractivity contribution >= 4 is 49.3 Å². The number of hydrogen-bond acceptors (Lipinski definition) is 10. The molecule has 1 aromatic heterocycles. The van der Waals surface area contributed by atoms with E-state index in [4.69, 9.17) is 9.47 Å². The van der Waals surface area contributed by atoms with Crippen LogP contribution in [0.2, 0.25) is 0 Å². The predicted octanol–water partition coefficient (Wildman–Crippen LogP) is 4.43. The monoisotopic (exact) mass is 737 g/mol. The molecule has 2 saturated heterocycles. The molecular formula is C37H47N5O7S2. The van der Waals surface area contributed by atoms with Gasteiger partial charge in [0.15, 0.2) is 0 Å². The largest absolute Gasteiger partial charge is 0.497 e. The lowest BCUT2D eigenvalue weighted by Crippen LogP contribution is -2.58. The van der Waals surface area contributed by atoms with Crippen molar-refractivity contribution in [3.63, 3.8) is 0 Å². The molecule has 0 spiro atoms. The molecule has 3 amide bonds. The van der Waals surface area contributed by atoms with E-state index in [1.54, 1.807) is 18.9 Å². The van der Waals surface area contributed by atoms with E-state index in [-0.39, 0.29) is 24.8 Å². The fourth-order valence-corrected chi connectivity index (χ4v) is 9.67. The maximum Gasteiger partial charge on any atom is 0.274 e. The van der Waals surface area contributed by atoms with E-state index < -0.39 is 50.3 Å². The lowest BCUT2D eigenvalue weighted by molar-refractivity contribution is -0.141. The predicted molar refractivity (Wildman–Crippen MR) is 194 cm³/mol. The molecule has 3 heterocycles. The van der Waals surface area contributed by atoms with Crippen molar-refractivity contribution in [1.29, 1.82) is 0 Å². The molecule has 3 N–H and O–H groups in total. The minimum Gasteiger partial charge on any atom is -0.497 e. The number of carbonyl (C=O) groups excluding carboxylic acids is 3. The number of carbonyl (C=O) groups is 3. The number of methoxy groups -OCH3 is 1. The summed E-state index contributed by atoms with van der Waals surface area (Å²) in [7, 11) is -2.31. The first-order chi connectivity index (χ1) is 24.5. The summed E-state index contributed by atoms with van der Waals surface area (Å²) in [5.41, 5.74) is 0.457. The first-order valence-corrected chi connectivity index (χ1v) is 20.4. The summed E-state index contributed by atoms with van der Waals surface area (Å²) in [6.45, 7) is 2.29. The third-order valence-electron chi connectivity index (χ3n) is 11.1. The van der Waals surface area contributed by atoms with Crippen LogP contribution in [-0.4, -0.2) is 78.2 Å². The zero-order chi connectivity index (χ0) is 35.8. The molecule has 2 aromatic carbocycles. The van der Waals surface area contributed by atoms with Gasteiger partial charge in [-0.25, -0.2) is 13.4 Å². The summed E-state index contributed by atoms with van der Waals surface area (Å²) in [5, 5.41) is 6.90. The topological polar surface area (TPSA) is 156 Å². The Kier molecular flexibility index (Phi) is 10.0. The van der Waals surface area contributed by atoms with E-state index in [2.05, 4.69) is 20.3 Å². The van der Waals surface area contributed by atoms with Crippen LogP contribution >= 0.6 is 11.3 Å². The number of nitrogens with one attached hydrogen (secondary N) is 3. The molecule has 0 unspecified atom stereocenters. The van der Waals surface area contributed by atoms with Gasteiger partial charge < -0.3 is 25.0 Å². The second kappa shape index (κ2) is 14.3. The van der Waals surface area contributed by atoms with Gasteiger partial charge in [0.05, 0.1) is 34.7 Å². The van der Waals surface area contributed by atoms with E-state index in [1.807, 2.05) is 48.5 Å². The van der Waals surface area contributed by atoms with E-state index in [0.717, 1.165) is 47.9 Å². The van der Waals surface area contributed by atoms with Gasteiger partial charge in [-0.05, 0) is 68.7 Å². The molecule has 0 bridgehead atoms. The van der Waals surface area contributed by atoms with Gasteiger partial charge in [-0.15, -0.1) is 0 Å². The Labute approximate surface area is 303 Å². The van der Waals surface area contributed by atoms with Crippen LogP contribution in [-0.2, 0) is 31.0 Å². The Morgan fingerprint density at radius 1 is 1.06 bits per heavy atom.